The lowest BCUT2D eigenvalue weighted by Crippen LogP contribution is -2.20. The Morgan fingerprint density at radius 3 is 2.86 bits per heavy atom. The summed E-state index contributed by atoms with van der Waals surface area (Å²) >= 11 is 9.15. The van der Waals surface area contributed by atoms with E-state index >= 15 is 0 Å². The van der Waals surface area contributed by atoms with Crippen molar-refractivity contribution in [2.45, 2.75) is 17.2 Å². The predicted octanol–water partition coefficient (Wildman–Crippen LogP) is 4.88. The summed E-state index contributed by atoms with van der Waals surface area (Å²) in [5.41, 5.74) is 1.73. The average molecular weight is 446 g/mol. The van der Waals surface area contributed by atoms with Gasteiger partial charge < -0.3 is 10.1 Å². The number of amides is 1. The number of para-hydroxylation sites is 1. The number of nitrogens with one attached hydrogen (secondary N) is 1. The third kappa shape index (κ3) is 6.19. The summed E-state index contributed by atoms with van der Waals surface area (Å²) in [5.74, 6) is -0.156. The minimum atomic E-state index is -0.469. The van der Waals surface area contributed by atoms with E-state index in [0.717, 1.165) is 20.3 Å². The zero-order valence-electron chi connectivity index (χ0n) is 15.2. The van der Waals surface area contributed by atoms with Crippen molar-refractivity contribution in [3.05, 3.63) is 53.1 Å². The van der Waals surface area contributed by atoms with Gasteiger partial charge in [0, 0.05) is 17.9 Å². The van der Waals surface area contributed by atoms with Crippen molar-refractivity contribution in [1.29, 1.82) is 5.26 Å². The van der Waals surface area contributed by atoms with Gasteiger partial charge in [-0.05, 0) is 36.8 Å². The normalized spacial score (nSPS) is 10.5. The first kappa shape index (κ1) is 21.1. The third-order valence-electron chi connectivity index (χ3n) is 3.76. The van der Waals surface area contributed by atoms with Crippen LogP contribution in [-0.4, -0.2) is 29.2 Å². The lowest BCUT2D eigenvalue weighted by molar-refractivity contribution is -0.147. The summed E-state index contributed by atoms with van der Waals surface area (Å²) < 4.78 is 7.11. The molecule has 1 N–H and O–H groups in total. The number of fused-ring (bicyclic) bond motifs is 1. The summed E-state index contributed by atoms with van der Waals surface area (Å²) in [6.07, 6.45) is 0.861. The van der Waals surface area contributed by atoms with Crippen LogP contribution in [0, 0.1) is 11.3 Å². The first-order valence-electron chi connectivity index (χ1n) is 8.68. The molecule has 0 radical (unpaired) electrons. The number of aromatic nitrogens is 1. The summed E-state index contributed by atoms with van der Waals surface area (Å²) in [6.45, 7) is -0.374. The largest absolute Gasteiger partial charge is 0.456 e. The monoisotopic (exact) mass is 445 g/mol. The van der Waals surface area contributed by atoms with E-state index in [2.05, 4.69) is 10.3 Å². The molecule has 0 aliphatic carbocycles. The lowest BCUT2D eigenvalue weighted by atomic mass is 10.2. The maximum Gasteiger partial charge on any atom is 0.306 e. The molecule has 0 saturated heterocycles. The highest BCUT2D eigenvalue weighted by Crippen LogP contribution is 2.29. The topological polar surface area (TPSA) is 92.1 Å². The zero-order valence-corrected chi connectivity index (χ0v) is 17.6. The first-order chi connectivity index (χ1) is 14.0. The molecule has 1 amide bonds. The van der Waals surface area contributed by atoms with Crippen LogP contribution >= 0.6 is 34.7 Å². The molecule has 3 rings (SSSR count). The number of halogens is 1. The number of carbonyl (C=O) groups is 2. The van der Waals surface area contributed by atoms with Crippen LogP contribution in [0.1, 0.15) is 18.4 Å². The van der Waals surface area contributed by atoms with Gasteiger partial charge in [0.25, 0.3) is 5.91 Å². The molecule has 1 heterocycles. The number of ether oxygens (including phenoxy) is 1. The molecule has 0 spiro atoms. The quantitative estimate of drug-likeness (QED) is 0.302. The van der Waals surface area contributed by atoms with Crippen molar-refractivity contribution in [1.82, 2.24) is 4.98 Å². The van der Waals surface area contributed by atoms with Crippen LogP contribution in [0.3, 0.4) is 0 Å². The van der Waals surface area contributed by atoms with Gasteiger partial charge in [0.2, 0.25) is 0 Å². The molecule has 0 unspecified atom stereocenters. The summed E-state index contributed by atoms with van der Waals surface area (Å²) in [6, 6.07) is 14.4. The van der Waals surface area contributed by atoms with Gasteiger partial charge in [-0.15, -0.1) is 11.3 Å². The van der Waals surface area contributed by atoms with Crippen LogP contribution in [0.2, 0.25) is 5.02 Å². The number of thiazole rings is 1. The van der Waals surface area contributed by atoms with E-state index in [9.17, 15) is 9.59 Å². The van der Waals surface area contributed by atoms with Gasteiger partial charge in [0.05, 0.1) is 20.8 Å². The van der Waals surface area contributed by atoms with E-state index < -0.39 is 11.9 Å². The molecule has 148 valence electrons. The molecule has 0 aliphatic heterocycles. The maximum atomic E-state index is 11.9. The number of anilines is 1. The number of nitrogens with zero attached hydrogens (tertiary/aromatic N) is 2. The van der Waals surface area contributed by atoms with E-state index in [1.165, 1.54) is 12.1 Å². The van der Waals surface area contributed by atoms with E-state index in [-0.39, 0.29) is 18.1 Å². The van der Waals surface area contributed by atoms with Crippen molar-refractivity contribution in [2.75, 3.05) is 17.7 Å². The smallest absolute Gasteiger partial charge is 0.306 e. The number of thioether (sulfide) groups is 1. The fourth-order valence-electron chi connectivity index (χ4n) is 2.39. The van der Waals surface area contributed by atoms with Crippen LogP contribution in [0.25, 0.3) is 10.2 Å². The van der Waals surface area contributed by atoms with Crippen LogP contribution in [0.5, 0.6) is 0 Å². The Kier molecular flexibility index (Phi) is 7.47. The number of carbonyl (C=O) groups excluding carboxylic acids is 2. The minimum absolute atomic E-state index is 0.230. The standard InChI is InChI=1S/C20H16ClN3O3S2/c21-15-10-14(8-7-13(15)11-22)23-18(25)12-27-19(26)6-3-9-28-20-24-16-4-1-2-5-17(16)29-20/h1-2,4-5,7-8,10H,3,6,9,12H2,(H,23,25). The Hall–Kier alpha value is -2.60. The number of hydrogen-bond acceptors (Lipinski definition) is 7. The second kappa shape index (κ2) is 10.3. The van der Waals surface area contributed by atoms with Crippen LogP contribution in [0.15, 0.2) is 46.8 Å². The molecule has 0 fully saturated rings. The highest BCUT2D eigenvalue weighted by molar-refractivity contribution is 8.01. The second-order valence-electron chi connectivity index (χ2n) is 5.91. The van der Waals surface area contributed by atoms with Crippen molar-refractivity contribution >= 4 is 62.5 Å². The number of nitriles is 1. The van der Waals surface area contributed by atoms with Crippen molar-refractivity contribution in [2.24, 2.45) is 0 Å². The minimum Gasteiger partial charge on any atom is -0.456 e. The van der Waals surface area contributed by atoms with Crippen LogP contribution in [-0.2, 0) is 14.3 Å². The van der Waals surface area contributed by atoms with Gasteiger partial charge in [-0.3, -0.25) is 9.59 Å². The third-order valence-corrected chi connectivity index (χ3v) is 6.34. The molecular formula is C20H16ClN3O3S2. The van der Waals surface area contributed by atoms with Crippen molar-refractivity contribution in [3.63, 3.8) is 0 Å². The summed E-state index contributed by atoms with van der Waals surface area (Å²) in [7, 11) is 0. The van der Waals surface area contributed by atoms with Gasteiger partial charge in [-0.1, -0.05) is 35.5 Å². The molecule has 0 atom stereocenters. The Labute approximate surface area is 180 Å². The molecule has 6 nitrogen and oxygen atoms in total. The molecule has 0 aliphatic rings. The van der Waals surface area contributed by atoms with E-state index in [0.29, 0.717) is 17.7 Å². The summed E-state index contributed by atoms with van der Waals surface area (Å²) in [4.78, 5) is 28.2. The highest BCUT2D eigenvalue weighted by Gasteiger charge is 2.10. The zero-order chi connectivity index (χ0) is 20.6. The van der Waals surface area contributed by atoms with Crippen molar-refractivity contribution in [3.8, 4) is 6.07 Å². The molecule has 29 heavy (non-hydrogen) atoms. The Morgan fingerprint density at radius 2 is 2.10 bits per heavy atom. The number of rotatable bonds is 8. The number of benzene rings is 2. The Balaban J connectivity index is 1.34. The predicted molar refractivity (Wildman–Crippen MR) is 115 cm³/mol. The first-order valence-corrected chi connectivity index (χ1v) is 10.9. The molecule has 9 heteroatoms. The second-order valence-corrected chi connectivity index (χ2v) is 8.69. The fourth-order valence-corrected chi connectivity index (χ4v) is 4.69. The molecule has 3 aromatic rings. The van der Waals surface area contributed by atoms with E-state index in [1.54, 1.807) is 29.2 Å². The molecular weight excluding hydrogens is 430 g/mol. The van der Waals surface area contributed by atoms with Gasteiger partial charge in [-0.25, -0.2) is 4.98 Å². The van der Waals surface area contributed by atoms with Gasteiger partial charge in [0.15, 0.2) is 10.9 Å². The van der Waals surface area contributed by atoms with Gasteiger partial charge in [-0.2, -0.15) is 5.26 Å². The van der Waals surface area contributed by atoms with Gasteiger partial charge >= 0.3 is 5.97 Å². The molecule has 0 bridgehead atoms. The van der Waals surface area contributed by atoms with Crippen LogP contribution in [0.4, 0.5) is 5.69 Å². The summed E-state index contributed by atoms with van der Waals surface area (Å²) in [5, 5.41) is 11.7. The average Bonchev–Trinajstić information content (AvgIpc) is 3.13. The molecule has 1 aromatic heterocycles. The maximum absolute atomic E-state index is 11.9. The van der Waals surface area contributed by atoms with E-state index in [4.69, 9.17) is 21.6 Å². The molecule has 2 aromatic carbocycles. The Bertz CT molecular complexity index is 1050. The van der Waals surface area contributed by atoms with Crippen molar-refractivity contribution < 1.29 is 14.3 Å². The lowest BCUT2D eigenvalue weighted by Gasteiger charge is -2.07. The number of hydrogen-bond donors (Lipinski definition) is 1. The fraction of sp³-hybridized carbons (Fsp3) is 0.200. The molecule has 0 saturated carbocycles. The Morgan fingerprint density at radius 1 is 1.28 bits per heavy atom. The number of esters is 1. The van der Waals surface area contributed by atoms with Gasteiger partial charge in [0.1, 0.15) is 6.07 Å². The highest BCUT2D eigenvalue weighted by atomic mass is 35.5. The van der Waals surface area contributed by atoms with E-state index in [1.807, 2.05) is 30.3 Å². The SMILES string of the molecule is N#Cc1ccc(NC(=O)COC(=O)CCCSc2nc3ccccc3s2)cc1Cl. The van der Waals surface area contributed by atoms with Crippen LogP contribution < -0.4 is 5.32 Å².